The molecule has 0 aliphatic heterocycles. The Kier molecular flexibility index (Phi) is 5.06. The first kappa shape index (κ1) is 21.6. The summed E-state index contributed by atoms with van der Waals surface area (Å²) in [7, 11) is -2.05. The van der Waals surface area contributed by atoms with Gasteiger partial charge in [0.1, 0.15) is 17.6 Å². The second-order valence-corrected chi connectivity index (χ2v) is 10.4. The number of sulfonamides is 1. The van der Waals surface area contributed by atoms with Crippen molar-refractivity contribution in [3.8, 4) is 17.5 Å². The lowest BCUT2D eigenvalue weighted by atomic mass is 9.87. The number of pyridine rings is 1. The van der Waals surface area contributed by atoms with Gasteiger partial charge >= 0.3 is 0 Å². The SMILES string of the molecule is Cc1cc(-c2cc3c(C#N)ccc(NS(=O)(=O)c4ccc(C(C)(C)C)cc4)n3n2)n(C)n1. The van der Waals surface area contributed by atoms with E-state index in [4.69, 9.17) is 0 Å². The Morgan fingerprint density at radius 2 is 1.72 bits per heavy atom. The molecule has 0 bridgehead atoms. The van der Waals surface area contributed by atoms with Gasteiger partial charge in [-0.1, -0.05) is 32.9 Å². The molecule has 8 nitrogen and oxygen atoms in total. The summed E-state index contributed by atoms with van der Waals surface area (Å²) in [6, 6.07) is 15.7. The van der Waals surface area contributed by atoms with Gasteiger partial charge in [0, 0.05) is 7.05 Å². The average Bonchev–Trinajstić information content (AvgIpc) is 3.30. The molecule has 1 aromatic carbocycles. The van der Waals surface area contributed by atoms with Gasteiger partial charge in [-0.15, -0.1) is 0 Å². The molecule has 0 saturated heterocycles. The number of nitriles is 1. The van der Waals surface area contributed by atoms with Crippen molar-refractivity contribution in [1.82, 2.24) is 19.4 Å². The van der Waals surface area contributed by atoms with Gasteiger partial charge in [0.2, 0.25) is 0 Å². The van der Waals surface area contributed by atoms with Crippen LogP contribution >= 0.6 is 0 Å². The van der Waals surface area contributed by atoms with Gasteiger partial charge in [0.15, 0.2) is 0 Å². The highest BCUT2D eigenvalue weighted by atomic mass is 32.2. The van der Waals surface area contributed by atoms with Gasteiger partial charge < -0.3 is 0 Å². The second-order valence-electron chi connectivity index (χ2n) is 8.75. The number of nitrogens with one attached hydrogen (secondary N) is 1. The molecule has 0 fully saturated rings. The van der Waals surface area contributed by atoms with Crippen molar-refractivity contribution in [2.24, 2.45) is 7.05 Å². The molecule has 0 amide bonds. The van der Waals surface area contributed by atoms with Crippen molar-refractivity contribution in [2.75, 3.05) is 4.72 Å². The number of hydrogen-bond donors (Lipinski definition) is 1. The number of aromatic nitrogens is 4. The number of nitrogens with zero attached hydrogens (tertiary/aromatic N) is 5. The summed E-state index contributed by atoms with van der Waals surface area (Å²) < 4.78 is 31.9. The summed E-state index contributed by atoms with van der Waals surface area (Å²) >= 11 is 0. The number of anilines is 1. The van der Waals surface area contributed by atoms with Crippen LogP contribution in [0.3, 0.4) is 0 Å². The van der Waals surface area contributed by atoms with Gasteiger partial charge in [-0.25, -0.2) is 12.9 Å². The Balaban J connectivity index is 1.77. The van der Waals surface area contributed by atoms with E-state index in [1.54, 1.807) is 28.9 Å². The van der Waals surface area contributed by atoms with Gasteiger partial charge in [0.05, 0.1) is 27.4 Å². The maximum atomic E-state index is 13.1. The minimum absolute atomic E-state index is 0.0787. The molecule has 0 unspecified atom stereocenters. The summed E-state index contributed by atoms with van der Waals surface area (Å²) in [6.07, 6.45) is 0. The van der Waals surface area contributed by atoms with E-state index in [0.717, 1.165) is 17.0 Å². The van der Waals surface area contributed by atoms with Crippen LogP contribution in [0.25, 0.3) is 16.9 Å². The van der Waals surface area contributed by atoms with E-state index < -0.39 is 10.0 Å². The number of fused-ring (bicyclic) bond motifs is 1. The summed E-state index contributed by atoms with van der Waals surface area (Å²) in [4.78, 5) is 0.151. The standard InChI is InChI=1S/C23H24N6O2S/c1-15-12-21(28(5)25-15)19-13-20-16(14-24)6-11-22(29(20)26-19)27-32(30,31)18-9-7-17(8-10-18)23(2,3)4/h6-13,27H,1-5H3. The predicted octanol–water partition coefficient (Wildman–Crippen LogP) is 4.01. The molecular weight excluding hydrogens is 424 g/mol. The Labute approximate surface area is 187 Å². The largest absolute Gasteiger partial charge is 0.266 e. The van der Waals surface area contributed by atoms with Crippen molar-refractivity contribution in [1.29, 1.82) is 5.26 Å². The Bertz CT molecular complexity index is 1470. The predicted molar refractivity (Wildman–Crippen MR) is 123 cm³/mol. The number of hydrogen-bond acceptors (Lipinski definition) is 5. The molecule has 0 aliphatic rings. The van der Waals surface area contributed by atoms with Crippen molar-refractivity contribution < 1.29 is 8.42 Å². The van der Waals surface area contributed by atoms with Crippen LogP contribution < -0.4 is 4.72 Å². The lowest BCUT2D eigenvalue weighted by molar-refractivity contribution is 0.587. The fourth-order valence-electron chi connectivity index (χ4n) is 3.55. The minimum atomic E-state index is -3.86. The van der Waals surface area contributed by atoms with E-state index in [-0.39, 0.29) is 16.1 Å². The molecule has 4 rings (SSSR count). The minimum Gasteiger partial charge on any atom is -0.266 e. The number of aryl methyl sites for hydroxylation is 2. The third-order valence-electron chi connectivity index (χ3n) is 5.28. The first-order chi connectivity index (χ1) is 15.0. The van der Waals surface area contributed by atoms with E-state index in [1.807, 2.05) is 32.2 Å². The molecule has 1 N–H and O–H groups in total. The van der Waals surface area contributed by atoms with Gasteiger partial charge in [-0.2, -0.15) is 15.5 Å². The fourth-order valence-corrected chi connectivity index (χ4v) is 4.59. The molecule has 0 spiro atoms. The molecule has 164 valence electrons. The summed E-state index contributed by atoms with van der Waals surface area (Å²) in [5.74, 6) is 0.240. The van der Waals surface area contributed by atoms with Crippen molar-refractivity contribution in [3.63, 3.8) is 0 Å². The molecule has 3 heterocycles. The highest BCUT2D eigenvalue weighted by Gasteiger charge is 2.20. The lowest BCUT2D eigenvalue weighted by Gasteiger charge is -2.19. The molecule has 32 heavy (non-hydrogen) atoms. The van der Waals surface area contributed by atoms with Gasteiger partial charge in [0.25, 0.3) is 10.0 Å². The monoisotopic (exact) mass is 448 g/mol. The van der Waals surface area contributed by atoms with Crippen LogP contribution in [0, 0.1) is 18.3 Å². The molecule has 0 radical (unpaired) electrons. The molecule has 9 heteroatoms. The van der Waals surface area contributed by atoms with Gasteiger partial charge in [-0.05, 0) is 54.3 Å². The maximum absolute atomic E-state index is 13.1. The van der Waals surface area contributed by atoms with E-state index in [0.29, 0.717) is 16.8 Å². The third-order valence-corrected chi connectivity index (χ3v) is 6.65. The normalized spacial score (nSPS) is 12.1. The highest BCUT2D eigenvalue weighted by Crippen LogP contribution is 2.27. The summed E-state index contributed by atoms with van der Waals surface area (Å²) in [5, 5.41) is 18.4. The zero-order chi connectivity index (χ0) is 23.3. The van der Waals surface area contributed by atoms with Crippen LogP contribution in [-0.2, 0) is 22.5 Å². The Morgan fingerprint density at radius 1 is 1.03 bits per heavy atom. The van der Waals surface area contributed by atoms with Crippen LogP contribution in [0.1, 0.15) is 37.6 Å². The van der Waals surface area contributed by atoms with Gasteiger partial charge in [-0.3, -0.25) is 9.40 Å². The molecular formula is C23H24N6O2S. The fraction of sp³-hybridized carbons (Fsp3) is 0.261. The summed E-state index contributed by atoms with van der Waals surface area (Å²) in [5.41, 5.74) is 4.04. The van der Waals surface area contributed by atoms with E-state index in [2.05, 4.69) is 41.8 Å². The average molecular weight is 449 g/mol. The van der Waals surface area contributed by atoms with E-state index >= 15 is 0 Å². The molecule has 0 atom stereocenters. The highest BCUT2D eigenvalue weighted by molar-refractivity contribution is 7.92. The van der Waals surface area contributed by atoms with E-state index in [1.165, 1.54) is 10.6 Å². The zero-order valence-electron chi connectivity index (χ0n) is 18.6. The lowest BCUT2D eigenvalue weighted by Crippen LogP contribution is -2.17. The van der Waals surface area contributed by atoms with Crippen LogP contribution in [0.5, 0.6) is 0 Å². The molecule has 0 aliphatic carbocycles. The van der Waals surface area contributed by atoms with Crippen molar-refractivity contribution >= 4 is 21.4 Å². The number of benzene rings is 1. The summed E-state index contributed by atoms with van der Waals surface area (Å²) in [6.45, 7) is 8.09. The second kappa shape index (κ2) is 7.50. The van der Waals surface area contributed by atoms with Crippen LogP contribution in [0.2, 0.25) is 0 Å². The van der Waals surface area contributed by atoms with Crippen LogP contribution in [0.15, 0.2) is 53.4 Å². The quantitative estimate of drug-likeness (QED) is 0.508. The topological polar surface area (TPSA) is 105 Å². The molecule has 0 saturated carbocycles. The third kappa shape index (κ3) is 3.85. The molecule has 3 aromatic heterocycles. The van der Waals surface area contributed by atoms with Crippen molar-refractivity contribution in [2.45, 2.75) is 38.0 Å². The van der Waals surface area contributed by atoms with E-state index in [9.17, 15) is 13.7 Å². The van der Waals surface area contributed by atoms with Crippen LogP contribution in [-0.4, -0.2) is 27.8 Å². The molecule has 4 aromatic rings. The van der Waals surface area contributed by atoms with Crippen LogP contribution in [0.4, 0.5) is 5.82 Å². The Hall–Kier alpha value is -3.64. The smallest absolute Gasteiger partial charge is 0.263 e. The number of rotatable bonds is 4. The first-order valence-corrected chi connectivity index (χ1v) is 11.6. The van der Waals surface area contributed by atoms with Crippen molar-refractivity contribution in [3.05, 3.63) is 65.4 Å². The Morgan fingerprint density at radius 3 is 2.28 bits per heavy atom. The zero-order valence-corrected chi connectivity index (χ0v) is 19.4. The maximum Gasteiger partial charge on any atom is 0.263 e. The first-order valence-electron chi connectivity index (χ1n) is 10.1.